The van der Waals surface area contributed by atoms with Crippen LogP contribution in [-0.4, -0.2) is 11.1 Å². The van der Waals surface area contributed by atoms with Gasteiger partial charge in [-0.05, 0) is 55.2 Å². The van der Waals surface area contributed by atoms with Crippen molar-refractivity contribution < 1.29 is 14.6 Å². The predicted molar refractivity (Wildman–Crippen MR) is 78.4 cm³/mol. The van der Waals surface area contributed by atoms with Gasteiger partial charge in [0.1, 0.15) is 11.5 Å². The molecule has 20 heavy (non-hydrogen) atoms. The van der Waals surface area contributed by atoms with Crippen LogP contribution in [0.5, 0.6) is 11.5 Å². The summed E-state index contributed by atoms with van der Waals surface area (Å²) in [5, 5.41) is 8.66. The SMILES string of the molecule is Cc1ccc(C)c(Oc2ccc(CCC(=O)O)cc2)c1. The van der Waals surface area contributed by atoms with Crippen LogP contribution in [0.1, 0.15) is 23.1 Å². The van der Waals surface area contributed by atoms with Gasteiger partial charge in [-0.2, -0.15) is 0 Å². The highest BCUT2D eigenvalue weighted by Crippen LogP contribution is 2.26. The number of carboxylic acid groups (broad SMARTS) is 1. The van der Waals surface area contributed by atoms with E-state index in [1.165, 1.54) is 0 Å². The number of aryl methyl sites for hydroxylation is 3. The molecule has 0 saturated carbocycles. The Bertz CT molecular complexity index is 600. The summed E-state index contributed by atoms with van der Waals surface area (Å²) in [7, 11) is 0. The Morgan fingerprint density at radius 2 is 1.80 bits per heavy atom. The summed E-state index contributed by atoms with van der Waals surface area (Å²) in [6.07, 6.45) is 0.691. The second-order valence-electron chi connectivity index (χ2n) is 4.91. The van der Waals surface area contributed by atoms with E-state index >= 15 is 0 Å². The molecular formula is C17H18O3. The summed E-state index contributed by atoms with van der Waals surface area (Å²) in [5.74, 6) is 0.835. The molecule has 0 heterocycles. The Hall–Kier alpha value is -2.29. The van der Waals surface area contributed by atoms with Crippen LogP contribution >= 0.6 is 0 Å². The van der Waals surface area contributed by atoms with Crippen molar-refractivity contribution in [3.05, 3.63) is 59.2 Å². The van der Waals surface area contributed by atoms with Gasteiger partial charge in [-0.25, -0.2) is 0 Å². The molecule has 0 aliphatic carbocycles. The number of ether oxygens (including phenoxy) is 1. The Labute approximate surface area is 118 Å². The molecule has 1 N–H and O–H groups in total. The number of hydrogen-bond acceptors (Lipinski definition) is 2. The van der Waals surface area contributed by atoms with Crippen LogP contribution in [0.2, 0.25) is 0 Å². The maximum Gasteiger partial charge on any atom is 0.303 e. The normalized spacial score (nSPS) is 10.3. The van der Waals surface area contributed by atoms with E-state index in [1.807, 2.05) is 50.2 Å². The summed E-state index contributed by atoms with van der Waals surface area (Å²) in [5.41, 5.74) is 3.25. The second-order valence-corrected chi connectivity index (χ2v) is 4.91. The monoisotopic (exact) mass is 270 g/mol. The van der Waals surface area contributed by atoms with E-state index in [9.17, 15) is 4.79 Å². The minimum atomic E-state index is -0.777. The van der Waals surface area contributed by atoms with Gasteiger partial charge in [0.25, 0.3) is 0 Å². The maximum absolute atomic E-state index is 10.5. The highest BCUT2D eigenvalue weighted by atomic mass is 16.5. The van der Waals surface area contributed by atoms with Gasteiger partial charge < -0.3 is 9.84 Å². The first kappa shape index (κ1) is 14.1. The number of hydrogen-bond donors (Lipinski definition) is 1. The summed E-state index contributed by atoms with van der Waals surface area (Å²) >= 11 is 0. The maximum atomic E-state index is 10.5. The molecule has 0 bridgehead atoms. The van der Waals surface area contributed by atoms with Gasteiger partial charge in [0, 0.05) is 6.42 Å². The van der Waals surface area contributed by atoms with E-state index in [-0.39, 0.29) is 6.42 Å². The molecule has 0 aliphatic rings. The van der Waals surface area contributed by atoms with E-state index in [2.05, 4.69) is 6.07 Å². The minimum absolute atomic E-state index is 0.150. The van der Waals surface area contributed by atoms with Crippen molar-refractivity contribution in [3.8, 4) is 11.5 Å². The van der Waals surface area contributed by atoms with Crippen molar-refractivity contribution in [2.24, 2.45) is 0 Å². The van der Waals surface area contributed by atoms with Crippen LogP contribution in [0.4, 0.5) is 0 Å². The van der Waals surface area contributed by atoms with Gasteiger partial charge in [0.15, 0.2) is 0 Å². The number of rotatable bonds is 5. The molecule has 104 valence electrons. The van der Waals surface area contributed by atoms with E-state index < -0.39 is 5.97 Å². The molecular weight excluding hydrogens is 252 g/mol. The fourth-order valence-electron chi connectivity index (χ4n) is 1.92. The molecule has 2 aromatic rings. The molecule has 0 radical (unpaired) electrons. The van der Waals surface area contributed by atoms with Gasteiger partial charge in [-0.3, -0.25) is 4.79 Å². The number of aliphatic carboxylic acids is 1. The van der Waals surface area contributed by atoms with Crippen LogP contribution in [-0.2, 0) is 11.2 Å². The zero-order valence-corrected chi connectivity index (χ0v) is 11.7. The number of benzene rings is 2. The van der Waals surface area contributed by atoms with Gasteiger partial charge in [0.05, 0.1) is 0 Å². The quantitative estimate of drug-likeness (QED) is 0.889. The second kappa shape index (κ2) is 6.24. The van der Waals surface area contributed by atoms with Crippen molar-refractivity contribution in [1.29, 1.82) is 0 Å². The van der Waals surface area contributed by atoms with E-state index in [0.717, 1.165) is 28.2 Å². The van der Waals surface area contributed by atoms with Gasteiger partial charge >= 0.3 is 5.97 Å². The lowest BCUT2D eigenvalue weighted by Gasteiger charge is -2.10. The third kappa shape index (κ3) is 3.85. The molecule has 0 amide bonds. The Balaban J connectivity index is 2.06. The first-order chi connectivity index (χ1) is 9.54. The fourth-order valence-corrected chi connectivity index (χ4v) is 1.92. The molecule has 0 unspecified atom stereocenters. The summed E-state index contributed by atoms with van der Waals surface area (Å²) < 4.78 is 5.85. The number of carboxylic acids is 1. The van der Waals surface area contributed by atoms with Gasteiger partial charge in [-0.15, -0.1) is 0 Å². The van der Waals surface area contributed by atoms with Crippen molar-refractivity contribution in [2.45, 2.75) is 26.7 Å². The lowest BCUT2D eigenvalue weighted by molar-refractivity contribution is -0.136. The summed E-state index contributed by atoms with van der Waals surface area (Å²) in [6, 6.07) is 13.7. The zero-order chi connectivity index (χ0) is 14.5. The van der Waals surface area contributed by atoms with Crippen LogP contribution in [0.3, 0.4) is 0 Å². The predicted octanol–water partition coefficient (Wildman–Crippen LogP) is 4.11. The molecule has 0 aliphatic heterocycles. The fraction of sp³-hybridized carbons (Fsp3) is 0.235. The third-order valence-corrected chi connectivity index (χ3v) is 3.12. The van der Waals surface area contributed by atoms with Crippen LogP contribution in [0.15, 0.2) is 42.5 Å². The molecule has 0 fully saturated rings. The molecule has 2 aromatic carbocycles. The van der Waals surface area contributed by atoms with Crippen molar-refractivity contribution in [3.63, 3.8) is 0 Å². The minimum Gasteiger partial charge on any atom is -0.481 e. The van der Waals surface area contributed by atoms with Gasteiger partial charge in [-0.1, -0.05) is 24.3 Å². The number of carbonyl (C=O) groups is 1. The standard InChI is InChI=1S/C17H18O3/c1-12-3-4-13(2)16(11-12)20-15-8-5-14(6-9-15)7-10-17(18)19/h3-6,8-9,11H,7,10H2,1-2H3,(H,18,19). The van der Waals surface area contributed by atoms with E-state index in [0.29, 0.717) is 6.42 Å². The topological polar surface area (TPSA) is 46.5 Å². The molecule has 0 aromatic heterocycles. The molecule has 0 saturated heterocycles. The van der Waals surface area contributed by atoms with E-state index in [1.54, 1.807) is 0 Å². The molecule has 3 heteroatoms. The molecule has 3 nitrogen and oxygen atoms in total. The van der Waals surface area contributed by atoms with Crippen molar-refractivity contribution in [1.82, 2.24) is 0 Å². The Morgan fingerprint density at radius 1 is 1.10 bits per heavy atom. The highest BCUT2D eigenvalue weighted by molar-refractivity contribution is 5.67. The van der Waals surface area contributed by atoms with Crippen molar-refractivity contribution in [2.75, 3.05) is 0 Å². The van der Waals surface area contributed by atoms with Crippen LogP contribution < -0.4 is 4.74 Å². The van der Waals surface area contributed by atoms with E-state index in [4.69, 9.17) is 9.84 Å². The lowest BCUT2D eigenvalue weighted by Crippen LogP contribution is -1.97. The molecule has 0 atom stereocenters. The van der Waals surface area contributed by atoms with Crippen LogP contribution in [0.25, 0.3) is 0 Å². The average molecular weight is 270 g/mol. The summed E-state index contributed by atoms with van der Waals surface area (Å²) in [4.78, 5) is 10.5. The molecule has 2 rings (SSSR count). The highest BCUT2D eigenvalue weighted by Gasteiger charge is 2.03. The third-order valence-electron chi connectivity index (χ3n) is 3.12. The largest absolute Gasteiger partial charge is 0.481 e. The first-order valence-corrected chi connectivity index (χ1v) is 6.60. The van der Waals surface area contributed by atoms with Gasteiger partial charge in [0.2, 0.25) is 0 Å². The average Bonchev–Trinajstić information content (AvgIpc) is 2.42. The lowest BCUT2D eigenvalue weighted by atomic mass is 10.1. The zero-order valence-electron chi connectivity index (χ0n) is 11.7. The van der Waals surface area contributed by atoms with Crippen LogP contribution in [0, 0.1) is 13.8 Å². The smallest absolute Gasteiger partial charge is 0.303 e. The molecule has 0 spiro atoms. The Morgan fingerprint density at radius 3 is 2.45 bits per heavy atom. The first-order valence-electron chi connectivity index (χ1n) is 6.60. The summed E-state index contributed by atoms with van der Waals surface area (Å²) in [6.45, 7) is 4.04. The van der Waals surface area contributed by atoms with Crippen molar-refractivity contribution >= 4 is 5.97 Å². The Kier molecular flexibility index (Phi) is 4.41.